The lowest BCUT2D eigenvalue weighted by Gasteiger charge is -2.23. The molecule has 0 N–H and O–H groups in total. The highest BCUT2D eigenvalue weighted by Crippen LogP contribution is 2.37. The predicted octanol–water partition coefficient (Wildman–Crippen LogP) is 4.07. The smallest absolute Gasteiger partial charge is 0.0320 e. The molecule has 80 valence electrons. The number of hydrogen-bond donors (Lipinski definition) is 0. The maximum atomic E-state index is 8.34. The van der Waals surface area contributed by atoms with Crippen molar-refractivity contribution in [3.63, 3.8) is 0 Å². The number of aryl methyl sites for hydroxylation is 4. The molecule has 16 heavy (non-hydrogen) atoms. The summed E-state index contributed by atoms with van der Waals surface area (Å²) >= 11 is 0. The van der Waals surface area contributed by atoms with E-state index in [1.165, 1.54) is 36.4 Å². The summed E-state index contributed by atoms with van der Waals surface area (Å²) in [7, 11) is 0. The van der Waals surface area contributed by atoms with Crippen LogP contribution >= 0.6 is 0 Å². The first-order valence-corrected chi connectivity index (χ1v) is 4.99. The molecular weight excluding hydrogens is 192 g/mol. The molecule has 0 heteroatoms. The molecule has 2 aromatic rings. The summed E-state index contributed by atoms with van der Waals surface area (Å²) in [6.07, 6.45) is -5.05. The maximum Gasteiger partial charge on any atom is 0.0320 e. The Bertz CT molecular complexity index is 800. The summed E-state index contributed by atoms with van der Waals surface area (Å²) in [6, 6.07) is 7.98. The van der Waals surface area contributed by atoms with Gasteiger partial charge in [-0.3, -0.25) is 0 Å². The van der Waals surface area contributed by atoms with Crippen LogP contribution in [0.5, 0.6) is 0 Å². The van der Waals surface area contributed by atoms with Gasteiger partial charge in [-0.1, -0.05) is 36.4 Å². The van der Waals surface area contributed by atoms with Crippen LogP contribution in [0.2, 0.25) is 0 Å². The van der Waals surface area contributed by atoms with E-state index in [1.54, 1.807) is 0 Å². The average molecular weight is 218 g/mol. The van der Waals surface area contributed by atoms with Gasteiger partial charge in [0, 0.05) is 13.7 Å². The third-order valence-electron chi connectivity index (χ3n) is 2.71. The van der Waals surface area contributed by atoms with Crippen molar-refractivity contribution in [2.75, 3.05) is 0 Å². The fourth-order valence-corrected chi connectivity index (χ4v) is 1.99. The van der Waals surface area contributed by atoms with Crippen molar-refractivity contribution in [1.29, 1.82) is 0 Å². The zero-order valence-electron chi connectivity index (χ0n) is 18.5. The predicted molar refractivity (Wildman–Crippen MR) is 68.8 cm³/mol. The van der Waals surface area contributed by atoms with Crippen molar-refractivity contribution in [2.45, 2.75) is 26.4 Å². The van der Waals surface area contributed by atoms with Crippen molar-refractivity contribution < 1.29 is 13.7 Å². The molecular formula is C16H16. The quantitative estimate of drug-likeness (QED) is 0.625. The van der Waals surface area contributed by atoms with E-state index in [9.17, 15) is 0 Å². The molecule has 0 radical (unpaired) electrons. The van der Waals surface area contributed by atoms with Crippen molar-refractivity contribution in [3.05, 3.63) is 58.7 Å². The maximum absolute atomic E-state index is 8.34. The van der Waals surface area contributed by atoms with Gasteiger partial charge in [0.1, 0.15) is 0 Å². The van der Waals surface area contributed by atoms with Gasteiger partial charge >= 0.3 is 0 Å². The van der Waals surface area contributed by atoms with E-state index < -0.39 is 26.4 Å². The van der Waals surface area contributed by atoms with Crippen LogP contribution in [0.15, 0.2) is 36.4 Å². The summed E-state index contributed by atoms with van der Waals surface area (Å²) in [4.78, 5) is 0. The second kappa shape index (κ2) is 3.48. The molecule has 3 rings (SSSR count). The van der Waals surface area contributed by atoms with Gasteiger partial charge in [0.25, 0.3) is 0 Å². The van der Waals surface area contributed by atoms with E-state index in [0.717, 1.165) is 0 Å². The van der Waals surface area contributed by atoms with E-state index in [4.69, 9.17) is 13.7 Å². The van der Waals surface area contributed by atoms with Crippen molar-refractivity contribution in [3.8, 4) is 11.1 Å². The zero-order valence-corrected chi connectivity index (χ0v) is 8.46. The Morgan fingerprint density at radius 3 is 1.81 bits per heavy atom. The Labute approximate surface area is 111 Å². The molecule has 0 spiro atoms. The Morgan fingerprint density at radius 1 is 0.875 bits per heavy atom. The van der Waals surface area contributed by atoms with E-state index in [2.05, 4.69) is 0 Å². The molecule has 0 unspecified atom stereocenters. The van der Waals surface area contributed by atoms with Gasteiger partial charge < -0.3 is 0 Å². The van der Waals surface area contributed by atoms with Gasteiger partial charge in [0.05, 0.1) is 0 Å². The summed E-state index contributed by atoms with van der Waals surface area (Å²) in [5.74, 6) is 0. The summed E-state index contributed by atoms with van der Waals surface area (Å²) in [6.45, 7) is -5.21. The van der Waals surface area contributed by atoms with Gasteiger partial charge in [-0.25, -0.2) is 0 Å². The van der Waals surface area contributed by atoms with Gasteiger partial charge in [-0.2, -0.15) is 0 Å². The highest BCUT2D eigenvalue weighted by molar-refractivity contribution is 5.78. The number of benzene rings is 2. The highest BCUT2D eigenvalue weighted by atomic mass is 14.2. The lowest BCUT2D eigenvalue weighted by atomic mass is 9.81. The third-order valence-corrected chi connectivity index (χ3v) is 2.71. The second-order valence-corrected chi connectivity index (χ2v) is 3.71. The first-order chi connectivity index (χ1) is 11.7. The highest BCUT2D eigenvalue weighted by Gasteiger charge is 2.18. The first-order valence-electron chi connectivity index (χ1n) is 9.99. The molecule has 0 atom stereocenters. The minimum atomic E-state index is -2.61. The summed E-state index contributed by atoms with van der Waals surface area (Å²) < 4.78 is 80.1. The standard InChI is InChI=1S/C16H16/c1-11-5-3-7-13-9-10-14-8-4-6-12(2)16(14)15(11)13/h3-8H,9-10H2,1-2H3/i1D3,2D3,9D2,10D2. The first kappa shape index (κ1) is 3.73. The van der Waals surface area contributed by atoms with Crippen LogP contribution in [-0.4, -0.2) is 0 Å². The van der Waals surface area contributed by atoms with Crippen LogP contribution in [0.1, 0.15) is 36.0 Å². The molecule has 0 nitrogen and oxygen atoms in total. The molecule has 0 saturated carbocycles. The minimum absolute atomic E-state index is 0.0469. The van der Waals surface area contributed by atoms with Crippen molar-refractivity contribution >= 4 is 0 Å². The van der Waals surface area contributed by atoms with Crippen LogP contribution in [0.25, 0.3) is 11.1 Å². The van der Waals surface area contributed by atoms with E-state index in [1.807, 2.05) is 0 Å². The normalized spacial score (nSPS) is 30.2. The summed E-state index contributed by atoms with van der Waals surface area (Å²) in [5, 5.41) is 0. The van der Waals surface area contributed by atoms with Gasteiger partial charge in [0.2, 0.25) is 0 Å². The fourth-order valence-electron chi connectivity index (χ4n) is 1.99. The van der Waals surface area contributed by atoms with Crippen molar-refractivity contribution in [2.24, 2.45) is 0 Å². The Hall–Kier alpha value is -1.56. The SMILES string of the molecule is [2H]C([2H])([2H])c1cccc2c1-c1c(C([2H])([2H])[2H])cccc1C([2H])([2H])C2([2H])[2H]. The monoisotopic (exact) mass is 218 g/mol. The lowest BCUT2D eigenvalue weighted by molar-refractivity contribution is 0.935. The number of hydrogen-bond acceptors (Lipinski definition) is 0. The molecule has 0 saturated heterocycles. The lowest BCUT2D eigenvalue weighted by Crippen LogP contribution is -2.06. The Balaban J connectivity index is 2.57. The van der Waals surface area contributed by atoms with Crippen molar-refractivity contribution in [1.82, 2.24) is 0 Å². The molecule has 0 aromatic heterocycles. The molecule has 0 aliphatic heterocycles. The van der Waals surface area contributed by atoms with E-state index >= 15 is 0 Å². The summed E-state index contributed by atoms with van der Waals surface area (Å²) in [5.41, 5.74) is -0.774. The average Bonchev–Trinajstić information content (AvgIpc) is 2.50. The number of rotatable bonds is 0. The minimum Gasteiger partial charge on any atom is -0.0617 e. The molecule has 2 aromatic carbocycles. The topological polar surface area (TPSA) is 0 Å². The molecule has 0 bridgehead atoms. The van der Waals surface area contributed by atoms with Gasteiger partial charge in [-0.15, -0.1) is 0 Å². The molecule has 0 fully saturated rings. The van der Waals surface area contributed by atoms with E-state index in [-0.39, 0.29) is 33.4 Å². The zero-order chi connectivity index (χ0) is 19.7. The molecule has 1 aliphatic rings. The largest absolute Gasteiger partial charge is 0.0617 e. The van der Waals surface area contributed by atoms with Crippen LogP contribution < -0.4 is 0 Å². The van der Waals surface area contributed by atoms with Crippen LogP contribution in [-0.2, 0) is 12.7 Å². The third kappa shape index (κ3) is 1.30. The molecule has 1 aliphatic carbocycles. The fraction of sp³-hybridized carbons (Fsp3) is 0.250. The van der Waals surface area contributed by atoms with Crippen LogP contribution in [0.4, 0.5) is 0 Å². The Kier molecular flexibility index (Phi) is 0.812. The van der Waals surface area contributed by atoms with E-state index in [0.29, 0.717) is 0 Å². The second-order valence-electron chi connectivity index (χ2n) is 3.71. The number of fused-ring (bicyclic) bond motifs is 3. The Morgan fingerprint density at radius 2 is 1.38 bits per heavy atom. The molecule has 0 amide bonds. The van der Waals surface area contributed by atoms with Crippen LogP contribution in [0.3, 0.4) is 0 Å². The van der Waals surface area contributed by atoms with Crippen LogP contribution in [0, 0.1) is 13.7 Å². The van der Waals surface area contributed by atoms with Gasteiger partial charge in [0.15, 0.2) is 0 Å². The molecule has 0 heterocycles. The van der Waals surface area contributed by atoms with Gasteiger partial charge in [-0.05, 0) is 59.8 Å².